The van der Waals surface area contributed by atoms with E-state index in [-0.39, 0.29) is 12.3 Å². The van der Waals surface area contributed by atoms with Crippen molar-refractivity contribution in [2.75, 3.05) is 17.2 Å². The van der Waals surface area contributed by atoms with E-state index < -0.39 is 6.03 Å². The minimum atomic E-state index is -0.423. The first-order chi connectivity index (χ1) is 9.15. The van der Waals surface area contributed by atoms with Crippen molar-refractivity contribution in [3.05, 3.63) is 30.6 Å². The number of nitrogen functional groups attached to an aromatic ring is 1. The van der Waals surface area contributed by atoms with E-state index >= 15 is 0 Å². The number of urea groups is 1. The number of fused-ring (bicyclic) bond motifs is 1. The highest BCUT2D eigenvalue weighted by molar-refractivity contribution is 6.09. The van der Waals surface area contributed by atoms with Crippen LogP contribution in [0.4, 0.5) is 16.2 Å². The molecule has 0 radical (unpaired) electrons. The van der Waals surface area contributed by atoms with Gasteiger partial charge < -0.3 is 5.73 Å². The molecule has 2 aromatic rings. The predicted molar refractivity (Wildman–Crippen MR) is 71.7 cm³/mol. The van der Waals surface area contributed by atoms with Crippen molar-refractivity contribution in [1.29, 1.82) is 0 Å². The van der Waals surface area contributed by atoms with E-state index in [0.717, 1.165) is 10.8 Å². The molecule has 0 atom stereocenters. The normalized spacial score (nSPS) is 15.7. The lowest BCUT2D eigenvalue weighted by Gasteiger charge is -2.27. The SMILES string of the molecule is Nc1ccc2cncc(N3CCC(=O)NC3=O)c2c1. The predicted octanol–water partition coefficient (Wildman–Crippen LogP) is 1.26. The zero-order chi connectivity index (χ0) is 13.4. The van der Waals surface area contributed by atoms with E-state index in [4.69, 9.17) is 5.73 Å². The fraction of sp³-hybridized carbons (Fsp3) is 0.154. The number of pyridine rings is 1. The number of benzene rings is 1. The van der Waals surface area contributed by atoms with E-state index in [9.17, 15) is 9.59 Å². The lowest BCUT2D eigenvalue weighted by Crippen LogP contribution is -2.49. The highest BCUT2D eigenvalue weighted by Gasteiger charge is 2.25. The van der Waals surface area contributed by atoms with Gasteiger partial charge in [-0.2, -0.15) is 0 Å². The van der Waals surface area contributed by atoms with Crippen molar-refractivity contribution in [2.24, 2.45) is 0 Å². The molecule has 3 N–H and O–H groups in total. The Bertz CT molecular complexity index is 683. The van der Waals surface area contributed by atoms with Crippen LogP contribution in [0.3, 0.4) is 0 Å². The number of anilines is 2. The van der Waals surface area contributed by atoms with Crippen LogP contribution in [-0.2, 0) is 4.79 Å². The largest absolute Gasteiger partial charge is 0.399 e. The number of rotatable bonds is 1. The topological polar surface area (TPSA) is 88.3 Å². The maximum absolute atomic E-state index is 11.9. The van der Waals surface area contributed by atoms with E-state index in [2.05, 4.69) is 10.3 Å². The van der Waals surface area contributed by atoms with Gasteiger partial charge in [0.25, 0.3) is 0 Å². The lowest BCUT2D eigenvalue weighted by molar-refractivity contribution is -0.120. The Labute approximate surface area is 109 Å². The summed E-state index contributed by atoms with van der Waals surface area (Å²) >= 11 is 0. The van der Waals surface area contributed by atoms with Crippen LogP contribution in [0.2, 0.25) is 0 Å². The summed E-state index contributed by atoms with van der Waals surface area (Å²) in [6.07, 6.45) is 3.60. The van der Waals surface area contributed by atoms with Gasteiger partial charge in [-0.15, -0.1) is 0 Å². The van der Waals surface area contributed by atoms with Gasteiger partial charge in [0.2, 0.25) is 5.91 Å². The number of carbonyl (C=O) groups is 2. The Hall–Kier alpha value is -2.63. The van der Waals surface area contributed by atoms with Gasteiger partial charge in [-0.3, -0.25) is 20.0 Å². The second-order valence-corrected chi connectivity index (χ2v) is 4.39. The van der Waals surface area contributed by atoms with Gasteiger partial charge >= 0.3 is 6.03 Å². The van der Waals surface area contributed by atoms with Crippen LogP contribution in [0, 0.1) is 0 Å². The summed E-state index contributed by atoms with van der Waals surface area (Å²) in [4.78, 5) is 28.7. The van der Waals surface area contributed by atoms with Crippen molar-refractivity contribution in [3.8, 4) is 0 Å². The zero-order valence-corrected chi connectivity index (χ0v) is 10.1. The number of nitrogens with two attached hydrogens (primary N) is 1. The zero-order valence-electron chi connectivity index (χ0n) is 10.1. The van der Waals surface area contributed by atoms with Crippen molar-refractivity contribution < 1.29 is 9.59 Å². The first-order valence-electron chi connectivity index (χ1n) is 5.90. The van der Waals surface area contributed by atoms with Crippen molar-refractivity contribution in [2.45, 2.75) is 6.42 Å². The third kappa shape index (κ3) is 1.97. The molecule has 6 nitrogen and oxygen atoms in total. The Kier molecular flexibility index (Phi) is 2.56. The van der Waals surface area contributed by atoms with Gasteiger partial charge in [0.1, 0.15) is 0 Å². The van der Waals surface area contributed by atoms with Crippen LogP contribution in [-0.4, -0.2) is 23.5 Å². The molecule has 1 saturated heterocycles. The molecule has 0 unspecified atom stereocenters. The third-order valence-corrected chi connectivity index (χ3v) is 3.11. The monoisotopic (exact) mass is 256 g/mol. The molecular formula is C13H12N4O2. The molecule has 1 aromatic heterocycles. The second kappa shape index (κ2) is 4.24. The van der Waals surface area contributed by atoms with E-state index in [1.807, 2.05) is 6.07 Å². The maximum Gasteiger partial charge on any atom is 0.328 e. The van der Waals surface area contributed by atoms with Gasteiger partial charge in [0, 0.05) is 35.6 Å². The Balaban J connectivity index is 2.12. The molecule has 2 heterocycles. The summed E-state index contributed by atoms with van der Waals surface area (Å²) in [5, 5.41) is 4.04. The van der Waals surface area contributed by atoms with Crippen molar-refractivity contribution >= 4 is 34.1 Å². The first-order valence-corrected chi connectivity index (χ1v) is 5.90. The first kappa shape index (κ1) is 11.5. The molecule has 0 aliphatic carbocycles. The molecule has 3 rings (SSSR count). The standard InChI is InChI=1S/C13H12N4O2/c14-9-2-1-8-6-15-7-11(10(8)5-9)17-4-3-12(18)16-13(17)19/h1-2,5-7H,3-4,14H2,(H,16,18,19). The number of amides is 3. The maximum atomic E-state index is 11.9. The Morgan fingerprint density at radius 2 is 2.11 bits per heavy atom. The number of imide groups is 1. The number of nitrogens with zero attached hydrogens (tertiary/aromatic N) is 2. The van der Waals surface area contributed by atoms with Gasteiger partial charge in [-0.1, -0.05) is 6.07 Å². The molecular weight excluding hydrogens is 244 g/mol. The smallest absolute Gasteiger partial charge is 0.328 e. The van der Waals surface area contributed by atoms with Crippen molar-refractivity contribution in [1.82, 2.24) is 10.3 Å². The van der Waals surface area contributed by atoms with Gasteiger partial charge in [-0.25, -0.2) is 4.79 Å². The van der Waals surface area contributed by atoms with Gasteiger partial charge in [0.15, 0.2) is 0 Å². The van der Waals surface area contributed by atoms with Crippen LogP contribution >= 0.6 is 0 Å². The average Bonchev–Trinajstić information content (AvgIpc) is 2.38. The molecule has 1 aromatic carbocycles. The minimum absolute atomic E-state index is 0.256. The summed E-state index contributed by atoms with van der Waals surface area (Å²) < 4.78 is 0. The molecule has 0 saturated carbocycles. The minimum Gasteiger partial charge on any atom is -0.399 e. The fourth-order valence-corrected chi connectivity index (χ4v) is 2.18. The van der Waals surface area contributed by atoms with Crippen LogP contribution in [0.5, 0.6) is 0 Å². The number of hydrogen-bond donors (Lipinski definition) is 2. The van der Waals surface area contributed by atoms with Gasteiger partial charge in [0.05, 0.1) is 11.9 Å². The molecule has 1 aliphatic rings. The molecule has 3 amide bonds. The highest BCUT2D eigenvalue weighted by atomic mass is 16.2. The van der Waals surface area contributed by atoms with Gasteiger partial charge in [-0.05, 0) is 12.1 Å². The highest BCUT2D eigenvalue weighted by Crippen LogP contribution is 2.28. The number of hydrogen-bond acceptors (Lipinski definition) is 4. The van der Waals surface area contributed by atoms with Crippen LogP contribution in [0.15, 0.2) is 30.6 Å². The quantitative estimate of drug-likeness (QED) is 0.752. The molecule has 1 aliphatic heterocycles. The summed E-state index contributed by atoms with van der Waals surface area (Å²) in [6, 6.07) is 5.02. The van der Waals surface area contributed by atoms with Crippen LogP contribution < -0.4 is 16.0 Å². The fourth-order valence-electron chi connectivity index (χ4n) is 2.18. The average molecular weight is 256 g/mol. The summed E-state index contributed by atoms with van der Waals surface area (Å²) in [6.45, 7) is 0.347. The Morgan fingerprint density at radius 1 is 1.26 bits per heavy atom. The Morgan fingerprint density at radius 3 is 2.89 bits per heavy atom. The van der Waals surface area contributed by atoms with Crippen LogP contribution in [0.25, 0.3) is 10.8 Å². The van der Waals surface area contributed by atoms with E-state index in [0.29, 0.717) is 17.9 Å². The molecule has 0 spiro atoms. The molecule has 0 bridgehead atoms. The summed E-state index contributed by atoms with van der Waals surface area (Å²) in [5.41, 5.74) is 7.07. The molecule has 6 heteroatoms. The number of carbonyl (C=O) groups excluding carboxylic acids is 2. The van der Waals surface area contributed by atoms with Crippen molar-refractivity contribution in [3.63, 3.8) is 0 Å². The summed E-state index contributed by atoms with van der Waals surface area (Å²) in [7, 11) is 0. The third-order valence-electron chi connectivity index (χ3n) is 3.11. The van der Waals surface area contributed by atoms with E-state index in [1.165, 1.54) is 4.90 Å². The van der Waals surface area contributed by atoms with E-state index in [1.54, 1.807) is 24.5 Å². The lowest BCUT2D eigenvalue weighted by atomic mass is 10.1. The van der Waals surface area contributed by atoms with Crippen LogP contribution in [0.1, 0.15) is 6.42 Å². The molecule has 96 valence electrons. The number of nitrogens with one attached hydrogen (secondary N) is 1. The number of aromatic nitrogens is 1. The molecule has 1 fully saturated rings. The second-order valence-electron chi connectivity index (χ2n) is 4.39. The summed E-state index contributed by atoms with van der Waals surface area (Å²) in [5.74, 6) is -0.256. The molecule has 19 heavy (non-hydrogen) atoms.